The zero-order valence-electron chi connectivity index (χ0n) is 12.0. The third kappa shape index (κ3) is 6.18. The van der Waals surface area contributed by atoms with Crippen LogP contribution < -0.4 is 5.32 Å². The SMILES string of the molecule is CNC(CCCOCCC(C)C)c1ccccc1. The van der Waals surface area contributed by atoms with E-state index < -0.39 is 0 Å². The van der Waals surface area contributed by atoms with Gasteiger partial charge in [0.15, 0.2) is 0 Å². The lowest BCUT2D eigenvalue weighted by molar-refractivity contribution is 0.118. The van der Waals surface area contributed by atoms with Crippen LogP contribution in [0, 0.1) is 5.92 Å². The van der Waals surface area contributed by atoms with E-state index in [1.165, 1.54) is 5.56 Å². The molecule has 18 heavy (non-hydrogen) atoms. The smallest absolute Gasteiger partial charge is 0.0468 e. The van der Waals surface area contributed by atoms with Crippen molar-refractivity contribution in [3.8, 4) is 0 Å². The molecule has 1 aromatic rings. The van der Waals surface area contributed by atoms with Crippen molar-refractivity contribution in [1.29, 1.82) is 0 Å². The van der Waals surface area contributed by atoms with Gasteiger partial charge in [0, 0.05) is 19.3 Å². The maximum absolute atomic E-state index is 5.65. The molecule has 1 N–H and O–H groups in total. The van der Waals surface area contributed by atoms with Gasteiger partial charge in [0.1, 0.15) is 0 Å². The van der Waals surface area contributed by atoms with Gasteiger partial charge in [-0.2, -0.15) is 0 Å². The molecule has 0 saturated carbocycles. The summed E-state index contributed by atoms with van der Waals surface area (Å²) in [7, 11) is 2.03. The lowest BCUT2D eigenvalue weighted by Crippen LogP contribution is -2.17. The summed E-state index contributed by atoms with van der Waals surface area (Å²) >= 11 is 0. The first kappa shape index (κ1) is 15.2. The van der Waals surface area contributed by atoms with Gasteiger partial charge in [0.25, 0.3) is 0 Å². The first-order chi connectivity index (χ1) is 8.74. The Kier molecular flexibility index (Phi) is 7.70. The predicted octanol–water partition coefficient (Wildman–Crippen LogP) is 3.79. The fourth-order valence-corrected chi connectivity index (χ4v) is 1.97. The Bertz CT molecular complexity index is 297. The summed E-state index contributed by atoms with van der Waals surface area (Å²) in [5, 5.41) is 3.37. The largest absolute Gasteiger partial charge is 0.381 e. The normalized spacial score (nSPS) is 12.9. The molecule has 0 aliphatic heterocycles. The Morgan fingerprint density at radius 3 is 2.39 bits per heavy atom. The number of rotatable bonds is 9. The minimum atomic E-state index is 0.444. The molecule has 1 rings (SSSR count). The van der Waals surface area contributed by atoms with E-state index in [9.17, 15) is 0 Å². The standard InChI is InChI=1S/C16H27NO/c1-14(2)11-13-18-12-7-10-16(17-3)15-8-5-4-6-9-15/h4-6,8-9,14,16-17H,7,10-13H2,1-3H3. The fourth-order valence-electron chi connectivity index (χ4n) is 1.97. The highest BCUT2D eigenvalue weighted by Crippen LogP contribution is 2.17. The Morgan fingerprint density at radius 2 is 1.78 bits per heavy atom. The molecule has 0 aliphatic carbocycles. The molecular formula is C16H27NO. The molecule has 2 nitrogen and oxygen atoms in total. The average molecular weight is 249 g/mol. The van der Waals surface area contributed by atoms with Crippen LogP contribution in [-0.2, 0) is 4.74 Å². The molecule has 0 amide bonds. The second kappa shape index (κ2) is 9.12. The van der Waals surface area contributed by atoms with Gasteiger partial charge in [0.2, 0.25) is 0 Å². The van der Waals surface area contributed by atoms with Gasteiger partial charge >= 0.3 is 0 Å². The van der Waals surface area contributed by atoms with E-state index in [-0.39, 0.29) is 0 Å². The second-order valence-electron chi connectivity index (χ2n) is 5.19. The third-order valence-electron chi connectivity index (χ3n) is 3.17. The Balaban J connectivity index is 2.17. The molecule has 1 unspecified atom stereocenters. The summed E-state index contributed by atoms with van der Waals surface area (Å²) in [6.45, 7) is 6.23. The van der Waals surface area contributed by atoms with Crippen LogP contribution in [-0.4, -0.2) is 20.3 Å². The lowest BCUT2D eigenvalue weighted by atomic mass is 10.0. The second-order valence-corrected chi connectivity index (χ2v) is 5.19. The maximum Gasteiger partial charge on any atom is 0.0468 e. The third-order valence-corrected chi connectivity index (χ3v) is 3.17. The number of benzene rings is 1. The van der Waals surface area contributed by atoms with Crippen LogP contribution in [0.4, 0.5) is 0 Å². The van der Waals surface area contributed by atoms with Gasteiger partial charge in [-0.3, -0.25) is 0 Å². The van der Waals surface area contributed by atoms with E-state index in [4.69, 9.17) is 4.74 Å². The van der Waals surface area contributed by atoms with Gasteiger partial charge in [-0.25, -0.2) is 0 Å². The van der Waals surface area contributed by atoms with Gasteiger partial charge in [0.05, 0.1) is 0 Å². The molecule has 0 aromatic heterocycles. The van der Waals surface area contributed by atoms with E-state index in [1.54, 1.807) is 0 Å². The van der Waals surface area contributed by atoms with Gasteiger partial charge in [-0.05, 0) is 37.8 Å². The topological polar surface area (TPSA) is 21.3 Å². The van der Waals surface area contributed by atoms with Crippen molar-refractivity contribution in [1.82, 2.24) is 5.32 Å². The fraction of sp³-hybridized carbons (Fsp3) is 0.625. The van der Waals surface area contributed by atoms with E-state index >= 15 is 0 Å². The Hall–Kier alpha value is -0.860. The van der Waals surface area contributed by atoms with Gasteiger partial charge < -0.3 is 10.1 Å². The number of nitrogens with one attached hydrogen (secondary N) is 1. The minimum Gasteiger partial charge on any atom is -0.381 e. The predicted molar refractivity (Wildman–Crippen MR) is 77.8 cm³/mol. The minimum absolute atomic E-state index is 0.444. The molecule has 0 saturated heterocycles. The van der Waals surface area contributed by atoms with Crippen molar-refractivity contribution in [2.45, 2.75) is 39.2 Å². The van der Waals surface area contributed by atoms with Crippen LogP contribution >= 0.6 is 0 Å². The molecule has 1 aromatic carbocycles. The molecule has 0 fully saturated rings. The Labute approximate surface area is 112 Å². The zero-order valence-corrected chi connectivity index (χ0v) is 12.0. The summed E-state index contributed by atoms with van der Waals surface area (Å²) in [5.41, 5.74) is 1.36. The van der Waals surface area contributed by atoms with E-state index in [1.807, 2.05) is 7.05 Å². The van der Waals surface area contributed by atoms with Crippen LogP contribution in [0.5, 0.6) is 0 Å². The summed E-state index contributed by atoms with van der Waals surface area (Å²) in [6, 6.07) is 11.1. The van der Waals surface area contributed by atoms with Crippen LogP contribution in [0.2, 0.25) is 0 Å². The molecule has 0 radical (unpaired) electrons. The first-order valence-electron chi connectivity index (χ1n) is 7.04. The molecule has 2 heteroatoms. The van der Waals surface area contributed by atoms with Crippen molar-refractivity contribution >= 4 is 0 Å². The number of hydrogen-bond donors (Lipinski definition) is 1. The van der Waals surface area contributed by atoms with Crippen LogP contribution in [0.25, 0.3) is 0 Å². The van der Waals surface area contributed by atoms with Crippen molar-refractivity contribution in [3.63, 3.8) is 0 Å². The van der Waals surface area contributed by atoms with E-state index in [2.05, 4.69) is 49.5 Å². The van der Waals surface area contributed by atoms with E-state index in [0.717, 1.165) is 38.4 Å². The highest BCUT2D eigenvalue weighted by atomic mass is 16.5. The summed E-state index contributed by atoms with van der Waals surface area (Å²) in [4.78, 5) is 0. The Morgan fingerprint density at radius 1 is 1.06 bits per heavy atom. The molecule has 0 aliphatic rings. The van der Waals surface area contributed by atoms with Crippen LogP contribution in [0.3, 0.4) is 0 Å². The van der Waals surface area contributed by atoms with E-state index in [0.29, 0.717) is 6.04 Å². The van der Waals surface area contributed by atoms with Crippen molar-refractivity contribution in [3.05, 3.63) is 35.9 Å². The molecule has 0 bridgehead atoms. The molecule has 0 spiro atoms. The van der Waals surface area contributed by atoms with Crippen molar-refractivity contribution in [2.24, 2.45) is 5.92 Å². The van der Waals surface area contributed by atoms with Crippen LogP contribution in [0.1, 0.15) is 44.7 Å². The van der Waals surface area contributed by atoms with Gasteiger partial charge in [-0.15, -0.1) is 0 Å². The summed E-state index contributed by atoms with van der Waals surface area (Å²) in [5.74, 6) is 0.736. The molecule has 0 heterocycles. The number of ether oxygens (including phenoxy) is 1. The zero-order chi connectivity index (χ0) is 13.2. The number of hydrogen-bond acceptors (Lipinski definition) is 2. The first-order valence-corrected chi connectivity index (χ1v) is 7.04. The highest BCUT2D eigenvalue weighted by Gasteiger charge is 2.07. The van der Waals surface area contributed by atoms with Crippen molar-refractivity contribution in [2.75, 3.05) is 20.3 Å². The van der Waals surface area contributed by atoms with Crippen LogP contribution in [0.15, 0.2) is 30.3 Å². The average Bonchev–Trinajstić information content (AvgIpc) is 2.38. The summed E-state index contributed by atoms with van der Waals surface area (Å²) < 4.78 is 5.65. The maximum atomic E-state index is 5.65. The van der Waals surface area contributed by atoms with Crippen molar-refractivity contribution < 1.29 is 4.74 Å². The molecular weight excluding hydrogens is 222 g/mol. The quantitative estimate of drug-likeness (QED) is 0.672. The van der Waals surface area contributed by atoms with Gasteiger partial charge in [-0.1, -0.05) is 44.2 Å². The molecule has 1 atom stereocenters. The lowest BCUT2D eigenvalue weighted by Gasteiger charge is -2.16. The molecule has 102 valence electrons. The summed E-state index contributed by atoms with van der Waals surface area (Å²) in [6.07, 6.45) is 3.40. The highest BCUT2D eigenvalue weighted by molar-refractivity contribution is 5.18. The monoisotopic (exact) mass is 249 g/mol.